The first-order valence-corrected chi connectivity index (χ1v) is 6.28. The Hall–Kier alpha value is -1.79. The summed E-state index contributed by atoms with van der Waals surface area (Å²) in [4.78, 5) is 0. The summed E-state index contributed by atoms with van der Waals surface area (Å²) >= 11 is 3.35. The zero-order valence-electron chi connectivity index (χ0n) is 9.58. The van der Waals surface area contributed by atoms with Gasteiger partial charge >= 0.3 is 0 Å². The van der Waals surface area contributed by atoms with E-state index in [0.717, 1.165) is 10.0 Å². The summed E-state index contributed by atoms with van der Waals surface area (Å²) in [6.07, 6.45) is 0. The average Bonchev–Trinajstić information content (AvgIpc) is 2.40. The molecule has 0 bridgehead atoms. The van der Waals surface area contributed by atoms with Crippen LogP contribution in [0.15, 0.2) is 53.0 Å². The van der Waals surface area contributed by atoms with E-state index in [9.17, 15) is 4.39 Å². The summed E-state index contributed by atoms with van der Waals surface area (Å²) in [6, 6.07) is 14.3. The van der Waals surface area contributed by atoms with E-state index in [4.69, 9.17) is 0 Å². The fraction of sp³-hybridized carbons (Fsp3) is 0.0667. The van der Waals surface area contributed by atoms with Crippen molar-refractivity contribution in [2.75, 3.05) is 11.9 Å². The van der Waals surface area contributed by atoms with Gasteiger partial charge in [0.15, 0.2) is 0 Å². The first-order chi connectivity index (χ1) is 8.75. The van der Waals surface area contributed by atoms with E-state index in [0.29, 0.717) is 12.2 Å². The predicted octanol–water partition coefficient (Wildman–Crippen LogP) is 4.05. The van der Waals surface area contributed by atoms with Crippen molar-refractivity contribution in [1.29, 1.82) is 0 Å². The Balaban J connectivity index is 1.97. The third kappa shape index (κ3) is 3.61. The molecule has 0 aliphatic carbocycles. The van der Waals surface area contributed by atoms with Crippen LogP contribution >= 0.6 is 15.9 Å². The third-order valence-electron chi connectivity index (χ3n) is 2.30. The average molecular weight is 304 g/mol. The van der Waals surface area contributed by atoms with E-state index in [2.05, 4.69) is 33.1 Å². The molecule has 0 radical (unpaired) electrons. The van der Waals surface area contributed by atoms with Crippen molar-refractivity contribution in [2.24, 2.45) is 0 Å². The second kappa shape index (κ2) is 6.23. The van der Waals surface area contributed by atoms with Crippen molar-refractivity contribution >= 4 is 21.6 Å². The molecule has 0 amide bonds. The highest BCUT2D eigenvalue weighted by Gasteiger charge is 1.99. The first-order valence-electron chi connectivity index (χ1n) is 5.48. The molecule has 0 aliphatic heterocycles. The van der Waals surface area contributed by atoms with Gasteiger partial charge in [-0.1, -0.05) is 30.0 Å². The zero-order chi connectivity index (χ0) is 12.8. The quantitative estimate of drug-likeness (QED) is 0.825. The Kier molecular flexibility index (Phi) is 4.38. The molecule has 0 fully saturated rings. The largest absolute Gasteiger partial charge is 0.373 e. The van der Waals surface area contributed by atoms with E-state index in [-0.39, 0.29) is 5.82 Å². The highest BCUT2D eigenvalue weighted by Crippen LogP contribution is 2.22. The number of hydrogen-bond donors (Lipinski definition) is 1. The van der Waals surface area contributed by atoms with Crippen LogP contribution in [0, 0.1) is 17.7 Å². The lowest BCUT2D eigenvalue weighted by Crippen LogP contribution is -1.99. The normalized spacial score (nSPS) is 9.44. The summed E-state index contributed by atoms with van der Waals surface area (Å²) in [5.41, 5.74) is 1.68. The number of halogens is 2. The Morgan fingerprint density at radius 1 is 1.11 bits per heavy atom. The second-order valence-electron chi connectivity index (χ2n) is 3.65. The van der Waals surface area contributed by atoms with Crippen LogP contribution in [0.1, 0.15) is 5.56 Å². The fourth-order valence-electron chi connectivity index (χ4n) is 1.44. The van der Waals surface area contributed by atoms with Crippen molar-refractivity contribution in [3.05, 3.63) is 64.4 Å². The summed E-state index contributed by atoms with van der Waals surface area (Å²) in [5, 5.41) is 3.06. The fourth-order valence-corrected chi connectivity index (χ4v) is 1.83. The van der Waals surface area contributed by atoms with Gasteiger partial charge < -0.3 is 5.32 Å². The lowest BCUT2D eigenvalue weighted by molar-refractivity contribution is 0.628. The van der Waals surface area contributed by atoms with Gasteiger partial charge in [0, 0.05) is 10.0 Å². The Morgan fingerprint density at radius 2 is 1.89 bits per heavy atom. The predicted molar refractivity (Wildman–Crippen MR) is 75.9 cm³/mol. The molecular weight excluding hydrogens is 293 g/mol. The van der Waals surface area contributed by atoms with Crippen LogP contribution in [-0.2, 0) is 0 Å². The Morgan fingerprint density at radius 3 is 2.67 bits per heavy atom. The van der Waals surface area contributed by atoms with E-state index in [1.165, 1.54) is 12.1 Å². The van der Waals surface area contributed by atoms with Gasteiger partial charge in [0.25, 0.3) is 0 Å². The van der Waals surface area contributed by atoms with E-state index >= 15 is 0 Å². The van der Waals surface area contributed by atoms with Crippen LogP contribution in [-0.4, -0.2) is 6.54 Å². The molecule has 0 saturated carbocycles. The molecule has 0 spiro atoms. The third-order valence-corrected chi connectivity index (χ3v) is 2.99. The Labute approximate surface area is 114 Å². The molecule has 3 heteroatoms. The monoisotopic (exact) mass is 303 g/mol. The molecule has 0 saturated heterocycles. The van der Waals surface area contributed by atoms with Crippen molar-refractivity contribution in [2.45, 2.75) is 0 Å². The van der Waals surface area contributed by atoms with Crippen LogP contribution in [0.25, 0.3) is 0 Å². The topological polar surface area (TPSA) is 12.0 Å². The van der Waals surface area contributed by atoms with Gasteiger partial charge in [0.1, 0.15) is 5.82 Å². The molecule has 2 aromatic rings. The molecule has 2 rings (SSSR count). The number of anilines is 1. The van der Waals surface area contributed by atoms with E-state index in [1.54, 1.807) is 6.07 Å². The van der Waals surface area contributed by atoms with Gasteiger partial charge in [0.05, 0.1) is 12.2 Å². The number of hydrogen-bond acceptors (Lipinski definition) is 1. The van der Waals surface area contributed by atoms with Gasteiger partial charge in [-0.15, -0.1) is 0 Å². The molecule has 2 aromatic carbocycles. The summed E-state index contributed by atoms with van der Waals surface area (Å²) in [7, 11) is 0. The lowest BCUT2D eigenvalue weighted by atomic mass is 10.2. The van der Waals surface area contributed by atoms with Crippen molar-refractivity contribution in [3.8, 4) is 11.8 Å². The molecule has 1 nitrogen and oxygen atoms in total. The summed E-state index contributed by atoms with van der Waals surface area (Å²) in [6.45, 7) is 0.469. The molecule has 0 unspecified atom stereocenters. The van der Waals surface area contributed by atoms with Gasteiger partial charge in [-0.05, 0) is 46.3 Å². The van der Waals surface area contributed by atoms with Crippen LogP contribution in [0.2, 0.25) is 0 Å². The molecule has 90 valence electrons. The molecule has 0 aliphatic rings. The van der Waals surface area contributed by atoms with Crippen molar-refractivity contribution in [1.82, 2.24) is 0 Å². The lowest BCUT2D eigenvalue weighted by Gasteiger charge is -2.04. The SMILES string of the molecule is Fc1ccc(Br)c(NCC#Cc2ccccc2)c1. The van der Waals surface area contributed by atoms with Crippen molar-refractivity contribution in [3.63, 3.8) is 0 Å². The molecular formula is C15H11BrFN. The van der Waals surface area contributed by atoms with Gasteiger partial charge in [-0.3, -0.25) is 0 Å². The van der Waals surface area contributed by atoms with Gasteiger partial charge in [-0.2, -0.15) is 0 Å². The molecule has 0 heterocycles. The smallest absolute Gasteiger partial charge is 0.125 e. The number of nitrogens with one attached hydrogen (secondary N) is 1. The minimum Gasteiger partial charge on any atom is -0.373 e. The Bertz CT molecular complexity index is 584. The van der Waals surface area contributed by atoms with Crippen LogP contribution in [0.5, 0.6) is 0 Å². The first kappa shape index (κ1) is 12.7. The van der Waals surface area contributed by atoms with Gasteiger partial charge in [-0.25, -0.2) is 4.39 Å². The maximum atomic E-state index is 13.0. The molecule has 18 heavy (non-hydrogen) atoms. The highest BCUT2D eigenvalue weighted by atomic mass is 79.9. The minimum atomic E-state index is -0.267. The molecule has 0 atom stereocenters. The van der Waals surface area contributed by atoms with E-state index < -0.39 is 0 Å². The van der Waals surface area contributed by atoms with Crippen LogP contribution < -0.4 is 5.32 Å². The number of rotatable bonds is 2. The standard InChI is InChI=1S/C15H11BrFN/c16-14-9-8-13(17)11-15(14)18-10-4-7-12-5-2-1-3-6-12/h1-3,5-6,8-9,11,18H,10H2. The van der Waals surface area contributed by atoms with Crippen LogP contribution in [0.4, 0.5) is 10.1 Å². The van der Waals surface area contributed by atoms with Crippen molar-refractivity contribution < 1.29 is 4.39 Å². The summed E-state index contributed by atoms with van der Waals surface area (Å²) in [5.74, 6) is 5.75. The molecule has 0 aromatic heterocycles. The number of benzene rings is 2. The zero-order valence-corrected chi connectivity index (χ0v) is 11.2. The van der Waals surface area contributed by atoms with Gasteiger partial charge in [0.2, 0.25) is 0 Å². The van der Waals surface area contributed by atoms with Crippen LogP contribution in [0.3, 0.4) is 0 Å². The maximum Gasteiger partial charge on any atom is 0.125 e. The minimum absolute atomic E-state index is 0.267. The highest BCUT2D eigenvalue weighted by molar-refractivity contribution is 9.10. The summed E-state index contributed by atoms with van der Waals surface area (Å²) < 4.78 is 13.8. The van der Waals surface area contributed by atoms with E-state index in [1.807, 2.05) is 30.3 Å². The molecule has 1 N–H and O–H groups in total. The second-order valence-corrected chi connectivity index (χ2v) is 4.50. The maximum absolute atomic E-state index is 13.0.